The summed E-state index contributed by atoms with van der Waals surface area (Å²) in [5, 5.41) is 0. The summed E-state index contributed by atoms with van der Waals surface area (Å²) in [6.45, 7) is 3.48. The summed E-state index contributed by atoms with van der Waals surface area (Å²) in [6, 6.07) is 6.69. The number of rotatable bonds is 4. The molecule has 0 radical (unpaired) electrons. The molecule has 134 valence electrons. The molecular weight excluding hydrogens is 324 g/mol. The lowest BCUT2D eigenvalue weighted by molar-refractivity contribution is -0.145. The molecule has 1 aromatic rings. The molecule has 7 nitrogen and oxygen atoms in total. The van der Waals surface area contributed by atoms with Crippen LogP contribution in [0.2, 0.25) is 0 Å². The van der Waals surface area contributed by atoms with Crippen LogP contribution in [0.1, 0.15) is 17.3 Å². The molecule has 1 aliphatic carbocycles. The van der Waals surface area contributed by atoms with Gasteiger partial charge in [-0.1, -0.05) is 19.1 Å². The van der Waals surface area contributed by atoms with Gasteiger partial charge in [0.2, 0.25) is 5.91 Å². The number of hydrogen-bond acceptors (Lipinski definition) is 6. The molecule has 3 rings (SSSR count). The van der Waals surface area contributed by atoms with E-state index in [1.54, 1.807) is 36.1 Å². The molecule has 2 fully saturated rings. The van der Waals surface area contributed by atoms with E-state index in [0.29, 0.717) is 37.6 Å². The Labute approximate surface area is 146 Å². The summed E-state index contributed by atoms with van der Waals surface area (Å²) >= 11 is 0. The normalized spacial score (nSPS) is 28.3. The van der Waals surface area contributed by atoms with Crippen LogP contribution in [0.5, 0.6) is 0 Å². The number of carbonyl (C=O) groups is 3. The van der Waals surface area contributed by atoms with Crippen molar-refractivity contribution in [1.82, 2.24) is 4.90 Å². The molecule has 2 aliphatic rings. The van der Waals surface area contributed by atoms with Gasteiger partial charge in [0.05, 0.1) is 37.6 Å². The van der Waals surface area contributed by atoms with E-state index in [2.05, 4.69) is 0 Å². The van der Waals surface area contributed by atoms with Crippen molar-refractivity contribution >= 4 is 23.3 Å². The lowest BCUT2D eigenvalue weighted by Crippen LogP contribution is -2.42. The third-order valence-corrected chi connectivity index (χ3v) is 5.25. The average molecular weight is 346 g/mol. The molecule has 0 unspecified atom stereocenters. The summed E-state index contributed by atoms with van der Waals surface area (Å²) in [5.41, 5.74) is 5.44. The quantitative estimate of drug-likeness (QED) is 0.490. The van der Waals surface area contributed by atoms with Gasteiger partial charge < -0.3 is 20.1 Å². The van der Waals surface area contributed by atoms with Crippen molar-refractivity contribution in [2.75, 3.05) is 39.1 Å². The molecule has 1 amide bonds. The molecule has 0 spiro atoms. The summed E-state index contributed by atoms with van der Waals surface area (Å²) in [7, 11) is 1.26. The SMILES string of the molecule is COC(=O)[C@@H]1[C@H](C(=O)N2CCOCC2)[C@]1(C)C(=O)c1ccccc1N. The zero-order chi connectivity index (χ0) is 18.2. The number of esters is 1. The number of para-hydroxylation sites is 1. The van der Waals surface area contributed by atoms with Crippen LogP contribution >= 0.6 is 0 Å². The zero-order valence-electron chi connectivity index (χ0n) is 14.4. The Kier molecular flexibility index (Phi) is 4.51. The van der Waals surface area contributed by atoms with Gasteiger partial charge in [-0.15, -0.1) is 0 Å². The molecule has 1 heterocycles. The number of anilines is 1. The minimum atomic E-state index is -1.14. The van der Waals surface area contributed by atoms with Crippen molar-refractivity contribution in [1.29, 1.82) is 0 Å². The summed E-state index contributed by atoms with van der Waals surface area (Å²) < 4.78 is 10.1. The van der Waals surface area contributed by atoms with Crippen LogP contribution < -0.4 is 5.73 Å². The van der Waals surface area contributed by atoms with Gasteiger partial charge >= 0.3 is 5.97 Å². The molecule has 1 aliphatic heterocycles. The summed E-state index contributed by atoms with van der Waals surface area (Å²) in [6.07, 6.45) is 0. The first-order valence-corrected chi connectivity index (χ1v) is 8.26. The smallest absolute Gasteiger partial charge is 0.310 e. The zero-order valence-corrected chi connectivity index (χ0v) is 14.4. The van der Waals surface area contributed by atoms with E-state index in [1.165, 1.54) is 7.11 Å². The Morgan fingerprint density at radius 2 is 1.84 bits per heavy atom. The fraction of sp³-hybridized carbons (Fsp3) is 0.500. The van der Waals surface area contributed by atoms with Crippen molar-refractivity contribution in [3.63, 3.8) is 0 Å². The van der Waals surface area contributed by atoms with E-state index in [9.17, 15) is 14.4 Å². The molecule has 3 atom stereocenters. The molecule has 1 aromatic carbocycles. The maximum atomic E-state index is 13.1. The van der Waals surface area contributed by atoms with Gasteiger partial charge in [0.1, 0.15) is 0 Å². The number of methoxy groups -OCH3 is 1. The first-order chi connectivity index (χ1) is 11.9. The second-order valence-corrected chi connectivity index (χ2v) is 6.62. The van der Waals surface area contributed by atoms with Gasteiger partial charge in [0.15, 0.2) is 5.78 Å². The van der Waals surface area contributed by atoms with Crippen molar-refractivity contribution in [2.24, 2.45) is 17.3 Å². The summed E-state index contributed by atoms with van der Waals surface area (Å²) in [4.78, 5) is 39.9. The van der Waals surface area contributed by atoms with Crippen LogP contribution in [0, 0.1) is 17.3 Å². The minimum Gasteiger partial charge on any atom is -0.469 e. The molecule has 7 heteroatoms. The summed E-state index contributed by atoms with van der Waals surface area (Å²) in [5.74, 6) is -2.57. The number of Topliss-reactive ketones (excluding diaryl/α,β-unsaturated/α-hetero) is 1. The van der Waals surface area contributed by atoms with Gasteiger partial charge in [-0.25, -0.2) is 0 Å². The molecular formula is C18H22N2O5. The minimum absolute atomic E-state index is 0.205. The second kappa shape index (κ2) is 6.48. The maximum Gasteiger partial charge on any atom is 0.310 e. The predicted molar refractivity (Wildman–Crippen MR) is 89.7 cm³/mol. The molecule has 2 N–H and O–H groups in total. The van der Waals surface area contributed by atoms with Crippen molar-refractivity contribution in [3.05, 3.63) is 29.8 Å². The monoisotopic (exact) mass is 346 g/mol. The predicted octanol–water partition coefficient (Wildman–Crippen LogP) is 0.736. The second-order valence-electron chi connectivity index (χ2n) is 6.62. The Morgan fingerprint density at radius 1 is 1.20 bits per heavy atom. The number of ether oxygens (including phenoxy) is 2. The van der Waals surface area contributed by atoms with Crippen LogP contribution in [0.15, 0.2) is 24.3 Å². The number of morpholine rings is 1. The van der Waals surface area contributed by atoms with E-state index in [-0.39, 0.29) is 11.7 Å². The van der Waals surface area contributed by atoms with E-state index < -0.39 is 23.2 Å². The first-order valence-electron chi connectivity index (χ1n) is 8.26. The number of hydrogen-bond donors (Lipinski definition) is 1. The molecule has 0 bridgehead atoms. The van der Waals surface area contributed by atoms with E-state index >= 15 is 0 Å². The molecule has 25 heavy (non-hydrogen) atoms. The topological polar surface area (TPSA) is 98.9 Å². The van der Waals surface area contributed by atoms with Gasteiger partial charge in [-0.05, 0) is 12.1 Å². The maximum absolute atomic E-state index is 13.1. The lowest BCUT2D eigenvalue weighted by atomic mass is 9.91. The number of benzene rings is 1. The Hall–Kier alpha value is -2.41. The van der Waals surface area contributed by atoms with Crippen LogP contribution in [0.25, 0.3) is 0 Å². The number of ketones is 1. The number of nitrogens with two attached hydrogens (primary N) is 1. The van der Waals surface area contributed by atoms with Gasteiger partial charge in [0.25, 0.3) is 0 Å². The molecule has 0 aromatic heterocycles. The Balaban J connectivity index is 1.91. The van der Waals surface area contributed by atoms with Gasteiger partial charge in [-0.2, -0.15) is 0 Å². The largest absolute Gasteiger partial charge is 0.469 e. The van der Waals surface area contributed by atoms with E-state index in [1.807, 2.05) is 0 Å². The lowest BCUT2D eigenvalue weighted by Gasteiger charge is -2.27. The van der Waals surface area contributed by atoms with Crippen molar-refractivity contribution in [2.45, 2.75) is 6.92 Å². The Bertz CT molecular complexity index is 713. The first kappa shape index (κ1) is 17.4. The van der Waals surface area contributed by atoms with Gasteiger partial charge in [0, 0.05) is 24.3 Å². The third-order valence-electron chi connectivity index (χ3n) is 5.25. The highest BCUT2D eigenvalue weighted by Gasteiger charge is 2.73. The number of carbonyl (C=O) groups excluding carboxylic acids is 3. The highest BCUT2D eigenvalue weighted by molar-refractivity contribution is 6.13. The van der Waals surface area contributed by atoms with Crippen molar-refractivity contribution < 1.29 is 23.9 Å². The third kappa shape index (κ3) is 2.78. The van der Waals surface area contributed by atoms with E-state index in [0.717, 1.165) is 0 Å². The average Bonchev–Trinajstić information content (AvgIpc) is 3.28. The fourth-order valence-electron chi connectivity index (χ4n) is 3.68. The fourth-order valence-corrected chi connectivity index (χ4v) is 3.68. The standard InChI is InChI=1S/C18H22N2O5/c1-18(15(21)11-5-3-4-6-12(11)19)13(14(18)17(23)24-2)16(22)20-7-9-25-10-8-20/h3-6,13-14H,7-10,19H2,1-2H3/t13-,14+,18+/m1/s1. The van der Waals surface area contributed by atoms with Crippen LogP contribution in [-0.2, 0) is 19.1 Å². The number of nitrogens with zero attached hydrogens (tertiary/aromatic N) is 1. The van der Waals surface area contributed by atoms with Crippen LogP contribution in [0.3, 0.4) is 0 Å². The van der Waals surface area contributed by atoms with Crippen molar-refractivity contribution in [3.8, 4) is 0 Å². The number of nitrogen functional groups attached to an aromatic ring is 1. The highest BCUT2D eigenvalue weighted by Crippen LogP contribution is 2.61. The van der Waals surface area contributed by atoms with E-state index in [4.69, 9.17) is 15.2 Å². The number of amides is 1. The Morgan fingerprint density at radius 3 is 2.44 bits per heavy atom. The van der Waals surface area contributed by atoms with Crippen LogP contribution in [0.4, 0.5) is 5.69 Å². The van der Waals surface area contributed by atoms with Crippen LogP contribution in [-0.4, -0.2) is 56.0 Å². The molecule has 1 saturated carbocycles. The highest BCUT2D eigenvalue weighted by atomic mass is 16.5. The van der Waals surface area contributed by atoms with Gasteiger partial charge in [-0.3, -0.25) is 14.4 Å². The molecule has 1 saturated heterocycles.